The number of carbonyl (C=O) groups excluding carboxylic acids is 1. The Labute approximate surface area is 139 Å². The maximum Gasteiger partial charge on any atom is 0.255 e. The summed E-state index contributed by atoms with van der Waals surface area (Å²) in [4.78, 5) is 16.5. The van der Waals surface area contributed by atoms with Crippen LogP contribution in [0.5, 0.6) is 0 Å². The molecule has 0 spiro atoms. The number of nitrogens with one attached hydrogen (secondary N) is 1. The molecule has 122 valence electrons. The Hall–Kier alpha value is -2.99. The van der Waals surface area contributed by atoms with Crippen molar-refractivity contribution in [2.75, 3.05) is 5.32 Å². The number of aromatic nitrogens is 3. The average molecular weight is 322 g/mol. The average Bonchev–Trinajstić information content (AvgIpc) is 3.09. The van der Waals surface area contributed by atoms with Crippen molar-refractivity contribution in [3.63, 3.8) is 0 Å². The van der Waals surface area contributed by atoms with Crippen LogP contribution in [0.2, 0.25) is 0 Å². The first-order chi connectivity index (χ1) is 11.6. The fourth-order valence-corrected chi connectivity index (χ4v) is 2.55. The predicted octanol–water partition coefficient (Wildman–Crippen LogP) is 2.88. The smallest absolute Gasteiger partial charge is 0.255 e. The number of rotatable bonds is 4. The summed E-state index contributed by atoms with van der Waals surface area (Å²) in [5.41, 5.74) is 3.53. The molecule has 0 bridgehead atoms. The number of benzene rings is 2. The number of hydrogen-bond acceptors (Lipinski definition) is 4. The quantitative estimate of drug-likeness (QED) is 0.774. The molecular weight excluding hydrogens is 304 g/mol. The first-order valence-electron chi connectivity index (χ1n) is 7.60. The lowest BCUT2D eigenvalue weighted by Crippen LogP contribution is -2.15. The van der Waals surface area contributed by atoms with Gasteiger partial charge >= 0.3 is 0 Å². The lowest BCUT2D eigenvalue weighted by atomic mass is 10.1. The van der Waals surface area contributed by atoms with E-state index in [0.717, 1.165) is 11.3 Å². The van der Waals surface area contributed by atoms with Gasteiger partial charge in [0, 0.05) is 16.8 Å². The molecule has 1 aromatic heterocycles. The van der Waals surface area contributed by atoms with E-state index in [9.17, 15) is 9.90 Å². The topological polar surface area (TPSA) is 80.0 Å². The van der Waals surface area contributed by atoms with E-state index in [-0.39, 0.29) is 5.91 Å². The van der Waals surface area contributed by atoms with Crippen molar-refractivity contribution in [1.29, 1.82) is 0 Å². The first kappa shape index (κ1) is 15.9. The summed E-state index contributed by atoms with van der Waals surface area (Å²) in [6.07, 6.45) is 2.41. The molecule has 6 nitrogen and oxygen atoms in total. The highest BCUT2D eigenvalue weighted by Gasteiger charge is 2.14. The van der Waals surface area contributed by atoms with E-state index < -0.39 is 6.10 Å². The van der Waals surface area contributed by atoms with Crippen LogP contribution >= 0.6 is 0 Å². The zero-order chi connectivity index (χ0) is 17.1. The third kappa shape index (κ3) is 3.18. The van der Waals surface area contributed by atoms with Crippen LogP contribution in [-0.4, -0.2) is 25.8 Å². The second kappa shape index (κ2) is 6.64. The number of para-hydroxylation sites is 1. The molecular formula is C18H18N4O2. The van der Waals surface area contributed by atoms with Gasteiger partial charge in [0.1, 0.15) is 12.7 Å². The predicted molar refractivity (Wildman–Crippen MR) is 91.1 cm³/mol. The molecule has 1 unspecified atom stereocenters. The molecule has 0 saturated carbocycles. The molecule has 1 atom stereocenters. The van der Waals surface area contributed by atoms with Gasteiger partial charge in [-0.1, -0.05) is 18.2 Å². The number of aliphatic hydroxyl groups excluding tert-OH is 1. The number of aryl methyl sites for hydroxylation is 1. The Morgan fingerprint density at radius 2 is 2.04 bits per heavy atom. The van der Waals surface area contributed by atoms with Crippen molar-refractivity contribution in [2.45, 2.75) is 20.0 Å². The zero-order valence-electron chi connectivity index (χ0n) is 13.5. The molecule has 2 N–H and O–H groups in total. The molecule has 0 aliphatic heterocycles. The van der Waals surface area contributed by atoms with E-state index in [1.807, 2.05) is 31.2 Å². The first-order valence-corrected chi connectivity index (χ1v) is 7.60. The summed E-state index contributed by atoms with van der Waals surface area (Å²) < 4.78 is 1.64. The summed E-state index contributed by atoms with van der Waals surface area (Å²) in [5.74, 6) is -0.217. The molecule has 1 heterocycles. The maximum absolute atomic E-state index is 12.6. The minimum Gasteiger partial charge on any atom is -0.389 e. The van der Waals surface area contributed by atoms with Crippen molar-refractivity contribution in [3.8, 4) is 5.69 Å². The summed E-state index contributed by atoms with van der Waals surface area (Å²) in [5, 5.41) is 16.8. The van der Waals surface area contributed by atoms with Crippen LogP contribution in [0.1, 0.15) is 34.5 Å². The normalized spacial score (nSPS) is 12.0. The molecule has 6 heteroatoms. The Balaban J connectivity index is 1.86. The molecule has 2 aromatic carbocycles. The second-order valence-electron chi connectivity index (χ2n) is 5.56. The van der Waals surface area contributed by atoms with Gasteiger partial charge in [0.2, 0.25) is 0 Å². The summed E-state index contributed by atoms with van der Waals surface area (Å²) >= 11 is 0. The third-order valence-electron chi connectivity index (χ3n) is 3.80. The van der Waals surface area contributed by atoms with Crippen LogP contribution in [0.4, 0.5) is 5.69 Å². The van der Waals surface area contributed by atoms with Gasteiger partial charge < -0.3 is 10.4 Å². The Bertz CT molecular complexity index is 857. The summed E-state index contributed by atoms with van der Waals surface area (Å²) in [7, 11) is 0. The number of anilines is 1. The van der Waals surface area contributed by atoms with Crippen molar-refractivity contribution in [3.05, 3.63) is 71.8 Å². The second-order valence-corrected chi connectivity index (χ2v) is 5.56. The third-order valence-corrected chi connectivity index (χ3v) is 3.80. The van der Waals surface area contributed by atoms with E-state index in [1.165, 1.54) is 6.33 Å². The van der Waals surface area contributed by atoms with E-state index >= 15 is 0 Å². The fraction of sp³-hybridized carbons (Fsp3) is 0.167. The summed E-state index contributed by atoms with van der Waals surface area (Å²) in [6.45, 7) is 3.54. The minimum absolute atomic E-state index is 0.217. The van der Waals surface area contributed by atoms with Crippen molar-refractivity contribution < 1.29 is 9.90 Å². The molecule has 0 radical (unpaired) electrons. The van der Waals surface area contributed by atoms with Crippen LogP contribution in [0.25, 0.3) is 5.69 Å². The number of nitrogens with zero attached hydrogens (tertiary/aromatic N) is 3. The van der Waals surface area contributed by atoms with Crippen LogP contribution in [-0.2, 0) is 0 Å². The molecule has 0 fully saturated rings. The lowest BCUT2D eigenvalue weighted by Gasteiger charge is -2.14. The Kier molecular flexibility index (Phi) is 4.39. The van der Waals surface area contributed by atoms with E-state index in [2.05, 4.69) is 15.4 Å². The van der Waals surface area contributed by atoms with E-state index in [4.69, 9.17) is 0 Å². The maximum atomic E-state index is 12.6. The standard InChI is InChI=1S/C18H18N4O2/c1-12-9-14(22-11-19-10-20-22)7-8-15(12)18(24)21-17-6-4-3-5-16(17)13(2)23/h3-11,13,23H,1-2H3,(H,21,24). The van der Waals surface area contributed by atoms with Crippen molar-refractivity contribution >= 4 is 11.6 Å². The molecule has 3 aromatic rings. The molecule has 0 aliphatic rings. The molecule has 24 heavy (non-hydrogen) atoms. The van der Waals surface area contributed by atoms with Gasteiger partial charge in [0.25, 0.3) is 5.91 Å². The molecule has 3 rings (SSSR count). The highest BCUT2D eigenvalue weighted by molar-refractivity contribution is 6.05. The Morgan fingerprint density at radius 3 is 2.71 bits per heavy atom. The van der Waals surface area contributed by atoms with Gasteiger partial charge in [-0.05, 0) is 43.7 Å². The van der Waals surface area contributed by atoms with Crippen LogP contribution in [0, 0.1) is 6.92 Å². The van der Waals surface area contributed by atoms with Crippen molar-refractivity contribution in [1.82, 2.24) is 14.8 Å². The van der Waals surface area contributed by atoms with Gasteiger partial charge in [-0.15, -0.1) is 0 Å². The highest BCUT2D eigenvalue weighted by atomic mass is 16.3. The molecule has 0 aliphatic carbocycles. The number of aliphatic hydroxyl groups is 1. The monoisotopic (exact) mass is 322 g/mol. The van der Waals surface area contributed by atoms with Crippen LogP contribution < -0.4 is 5.32 Å². The van der Waals surface area contributed by atoms with Crippen molar-refractivity contribution in [2.24, 2.45) is 0 Å². The number of amides is 1. The number of hydrogen-bond donors (Lipinski definition) is 2. The molecule has 0 saturated heterocycles. The highest BCUT2D eigenvalue weighted by Crippen LogP contribution is 2.23. The summed E-state index contributed by atoms with van der Waals surface area (Å²) in [6, 6.07) is 12.7. The van der Waals surface area contributed by atoms with Crippen LogP contribution in [0.3, 0.4) is 0 Å². The van der Waals surface area contributed by atoms with Gasteiger partial charge in [-0.25, -0.2) is 9.67 Å². The molecule has 1 amide bonds. The van der Waals surface area contributed by atoms with Crippen LogP contribution in [0.15, 0.2) is 55.1 Å². The van der Waals surface area contributed by atoms with Gasteiger partial charge in [0.05, 0.1) is 11.8 Å². The van der Waals surface area contributed by atoms with E-state index in [1.54, 1.807) is 36.1 Å². The SMILES string of the molecule is Cc1cc(-n2cncn2)ccc1C(=O)Nc1ccccc1C(C)O. The van der Waals surface area contributed by atoms with Gasteiger partial charge in [0.15, 0.2) is 0 Å². The van der Waals surface area contributed by atoms with Gasteiger partial charge in [-0.3, -0.25) is 4.79 Å². The number of carbonyl (C=O) groups is 1. The zero-order valence-corrected chi connectivity index (χ0v) is 13.5. The largest absolute Gasteiger partial charge is 0.389 e. The Morgan fingerprint density at radius 1 is 1.25 bits per heavy atom. The fourth-order valence-electron chi connectivity index (χ4n) is 2.55. The minimum atomic E-state index is -0.655. The van der Waals surface area contributed by atoms with Gasteiger partial charge in [-0.2, -0.15) is 5.10 Å². The van der Waals surface area contributed by atoms with E-state index in [0.29, 0.717) is 16.8 Å². The lowest BCUT2D eigenvalue weighted by molar-refractivity contribution is 0.102.